The monoisotopic (exact) mass is 329 g/mol. The number of amides is 2. The fourth-order valence-electron chi connectivity index (χ4n) is 4.16. The maximum absolute atomic E-state index is 12.7. The molecule has 3 unspecified atom stereocenters. The van der Waals surface area contributed by atoms with Crippen molar-refractivity contribution in [2.75, 3.05) is 37.7 Å². The number of ether oxygens (including phenoxy) is 1. The van der Waals surface area contributed by atoms with Gasteiger partial charge in [0, 0.05) is 31.4 Å². The Labute approximate surface area is 144 Å². The van der Waals surface area contributed by atoms with Gasteiger partial charge in [-0.25, -0.2) is 4.79 Å². The highest BCUT2D eigenvalue weighted by Crippen LogP contribution is 2.43. The minimum absolute atomic E-state index is 0.00988. The zero-order valence-corrected chi connectivity index (χ0v) is 14.4. The molecule has 130 valence electrons. The molecule has 2 saturated heterocycles. The lowest BCUT2D eigenvalue weighted by molar-refractivity contribution is 0.122. The maximum Gasteiger partial charge on any atom is 0.318 e. The Kier molecular flexibility index (Phi) is 4.35. The number of hydrogen-bond donors (Lipinski definition) is 1. The van der Waals surface area contributed by atoms with E-state index < -0.39 is 0 Å². The molecule has 3 atom stereocenters. The van der Waals surface area contributed by atoms with Crippen molar-refractivity contribution in [2.45, 2.75) is 38.3 Å². The molecule has 1 aromatic rings. The third-order valence-corrected chi connectivity index (χ3v) is 5.62. The number of morpholine rings is 1. The minimum atomic E-state index is 0.00988. The highest BCUT2D eigenvalue weighted by molar-refractivity contribution is 5.76. The normalized spacial score (nSPS) is 27.4. The number of nitrogens with zero attached hydrogens (tertiary/aromatic N) is 2. The van der Waals surface area contributed by atoms with Gasteiger partial charge in [0.1, 0.15) is 0 Å². The number of urea groups is 1. The number of fused-ring (bicyclic) bond motifs is 1. The largest absolute Gasteiger partial charge is 0.378 e. The molecule has 5 nitrogen and oxygen atoms in total. The van der Waals surface area contributed by atoms with E-state index in [1.165, 1.54) is 24.1 Å². The zero-order chi connectivity index (χ0) is 16.5. The lowest BCUT2D eigenvalue weighted by atomic mass is 10.0. The molecule has 1 aliphatic carbocycles. The lowest BCUT2D eigenvalue weighted by Crippen LogP contribution is -2.45. The van der Waals surface area contributed by atoms with E-state index in [2.05, 4.69) is 46.3 Å². The number of hydrogen-bond acceptors (Lipinski definition) is 3. The van der Waals surface area contributed by atoms with Crippen molar-refractivity contribution in [1.82, 2.24) is 10.2 Å². The van der Waals surface area contributed by atoms with Crippen molar-refractivity contribution in [2.24, 2.45) is 5.92 Å². The van der Waals surface area contributed by atoms with Crippen molar-refractivity contribution < 1.29 is 9.53 Å². The maximum atomic E-state index is 12.7. The Morgan fingerprint density at radius 3 is 2.88 bits per heavy atom. The van der Waals surface area contributed by atoms with Crippen LogP contribution in [0.2, 0.25) is 0 Å². The molecule has 2 amide bonds. The first-order valence-corrected chi connectivity index (χ1v) is 9.23. The Hall–Kier alpha value is -1.75. The first-order chi connectivity index (χ1) is 11.7. The highest BCUT2D eigenvalue weighted by atomic mass is 16.5. The average molecular weight is 329 g/mol. The second-order valence-corrected chi connectivity index (χ2v) is 7.23. The van der Waals surface area contributed by atoms with Gasteiger partial charge in [-0.3, -0.25) is 0 Å². The number of benzene rings is 1. The molecule has 3 aliphatic rings. The Bertz CT molecular complexity index is 600. The summed E-state index contributed by atoms with van der Waals surface area (Å²) < 4.78 is 5.46. The van der Waals surface area contributed by atoms with Crippen LogP contribution in [0.25, 0.3) is 0 Å². The molecule has 5 heteroatoms. The molecule has 0 bridgehead atoms. The van der Waals surface area contributed by atoms with Crippen LogP contribution in [0.5, 0.6) is 0 Å². The zero-order valence-electron chi connectivity index (χ0n) is 14.4. The third kappa shape index (κ3) is 3.09. The Balaban J connectivity index is 1.46. The van der Waals surface area contributed by atoms with E-state index >= 15 is 0 Å². The molecular formula is C19H27N3O2. The van der Waals surface area contributed by atoms with Crippen LogP contribution in [0.3, 0.4) is 0 Å². The van der Waals surface area contributed by atoms with Gasteiger partial charge < -0.3 is 19.9 Å². The van der Waals surface area contributed by atoms with Gasteiger partial charge in [-0.1, -0.05) is 18.2 Å². The molecule has 1 saturated carbocycles. The van der Waals surface area contributed by atoms with Crippen molar-refractivity contribution in [1.29, 1.82) is 0 Å². The first kappa shape index (κ1) is 15.8. The van der Waals surface area contributed by atoms with Gasteiger partial charge in [-0.05, 0) is 43.7 Å². The first-order valence-electron chi connectivity index (χ1n) is 9.23. The van der Waals surface area contributed by atoms with E-state index in [0.717, 1.165) is 45.2 Å². The highest BCUT2D eigenvalue weighted by Gasteiger charge is 2.46. The predicted molar refractivity (Wildman–Crippen MR) is 94.3 cm³/mol. The molecule has 4 rings (SSSR count). The summed E-state index contributed by atoms with van der Waals surface area (Å²) in [7, 11) is 0. The quantitative estimate of drug-likeness (QED) is 0.927. The summed E-state index contributed by atoms with van der Waals surface area (Å²) in [5.41, 5.74) is 2.41. The second-order valence-electron chi connectivity index (χ2n) is 7.23. The van der Waals surface area contributed by atoms with E-state index in [9.17, 15) is 4.79 Å². The molecule has 3 fully saturated rings. The van der Waals surface area contributed by atoms with Crippen molar-refractivity contribution in [3.63, 3.8) is 0 Å². The van der Waals surface area contributed by atoms with Crippen molar-refractivity contribution in [3.8, 4) is 0 Å². The summed E-state index contributed by atoms with van der Waals surface area (Å²) in [5.74, 6) is 0.764. The molecule has 2 heterocycles. The van der Waals surface area contributed by atoms with Crippen LogP contribution in [-0.2, 0) is 4.74 Å². The lowest BCUT2D eigenvalue weighted by Gasteiger charge is -2.33. The standard InChI is InChI=1S/C19H27N3O2/c1-14(20-19(23)22-8-4-5-15-13-18(15)22)16-6-2-3-7-17(16)21-9-11-24-12-10-21/h2-3,6-7,14-15,18H,4-5,8-13H2,1H3,(H,20,23). The van der Waals surface area contributed by atoms with E-state index in [1.807, 2.05) is 0 Å². The number of para-hydroxylation sites is 1. The van der Waals surface area contributed by atoms with Gasteiger partial charge in [0.25, 0.3) is 0 Å². The van der Waals surface area contributed by atoms with E-state index in [1.54, 1.807) is 0 Å². The number of carbonyl (C=O) groups excluding carboxylic acids is 1. The van der Waals surface area contributed by atoms with E-state index in [-0.39, 0.29) is 12.1 Å². The van der Waals surface area contributed by atoms with Gasteiger partial charge in [0.15, 0.2) is 0 Å². The molecule has 1 aromatic carbocycles. The fraction of sp³-hybridized carbons (Fsp3) is 0.632. The van der Waals surface area contributed by atoms with Gasteiger partial charge >= 0.3 is 6.03 Å². The predicted octanol–water partition coefficient (Wildman–Crippen LogP) is 2.78. The minimum Gasteiger partial charge on any atom is -0.378 e. The summed E-state index contributed by atoms with van der Waals surface area (Å²) in [6.45, 7) is 6.36. The van der Waals surface area contributed by atoms with E-state index in [4.69, 9.17) is 4.74 Å². The number of likely N-dealkylation sites (tertiary alicyclic amines) is 1. The summed E-state index contributed by atoms with van der Waals surface area (Å²) in [5, 5.41) is 3.23. The summed E-state index contributed by atoms with van der Waals surface area (Å²) >= 11 is 0. The summed E-state index contributed by atoms with van der Waals surface area (Å²) in [6.07, 6.45) is 3.64. The number of anilines is 1. The number of piperidine rings is 1. The van der Waals surface area contributed by atoms with E-state index in [0.29, 0.717) is 6.04 Å². The van der Waals surface area contributed by atoms with Gasteiger partial charge in [0.2, 0.25) is 0 Å². The molecule has 0 radical (unpaired) electrons. The Morgan fingerprint density at radius 2 is 2.04 bits per heavy atom. The van der Waals surface area contributed by atoms with Crippen LogP contribution in [0.15, 0.2) is 24.3 Å². The van der Waals surface area contributed by atoms with Crippen LogP contribution in [0.1, 0.15) is 37.8 Å². The van der Waals surface area contributed by atoms with Crippen LogP contribution in [0.4, 0.5) is 10.5 Å². The van der Waals surface area contributed by atoms with Crippen LogP contribution >= 0.6 is 0 Å². The summed E-state index contributed by atoms with van der Waals surface area (Å²) in [6, 6.07) is 9.03. The average Bonchev–Trinajstić information content (AvgIpc) is 3.42. The topological polar surface area (TPSA) is 44.8 Å². The molecular weight excluding hydrogens is 302 g/mol. The molecule has 0 spiro atoms. The second kappa shape index (κ2) is 6.63. The molecule has 0 aromatic heterocycles. The Morgan fingerprint density at radius 1 is 1.25 bits per heavy atom. The van der Waals surface area contributed by atoms with Gasteiger partial charge in [-0.15, -0.1) is 0 Å². The van der Waals surface area contributed by atoms with Gasteiger partial charge in [0.05, 0.1) is 19.3 Å². The molecule has 2 aliphatic heterocycles. The number of rotatable bonds is 3. The fourth-order valence-corrected chi connectivity index (χ4v) is 4.16. The summed E-state index contributed by atoms with van der Waals surface area (Å²) in [4.78, 5) is 17.1. The smallest absolute Gasteiger partial charge is 0.318 e. The van der Waals surface area contributed by atoms with Crippen LogP contribution < -0.4 is 10.2 Å². The van der Waals surface area contributed by atoms with Gasteiger partial charge in [-0.2, -0.15) is 0 Å². The SMILES string of the molecule is CC(NC(=O)N1CCCC2CC21)c1ccccc1N1CCOCC1. The number of carbonyl (C=O) groups is 1. The molecule has 1 N–H and O–H groups in total. The van der Waals surface area contributed by atoms with Crippen molar-refractivity contribution >= 4 is 11.7 Å². The van der Waals surface area contributed by atoms with Crippen LogP contribution in [-0.4, -0.2) is 49.8 Å². The molecule has 24 heavy (non-hydrogen) atoms. The number of nitrogens with one attached hydrogen (secondary N) is 1. The van der Waals surface area contributed by atoms with Crippen molar-refractivity contribution in [3.05, 3.63) is 29.8 Å². The van der Waals surface area contributed by atoms with Crippen LogP contribution in [0, 0.1) is 5.92 Å². The third-order valence-electron chi connectivity index (χ3n) is 5.62.